The molecule has 0 aliphatic heterocycles. The van der Waals surface area contributed by atoms with Gasteiger partial charge in [0.2, 0.25) is 0 Å². The van der Waals surface area contributed by atoms with E-state index < -0.39 is 0 Å². The fourth-order valence-electron chi connectivity index (χ4n) is 2.99. The molecule has 0 bridgehead atoms. The molecule has 0 spiro atoms. The number of hydrogen-bond donors (Lipinski definition) is 1. The van der Waals surface area contributed by atoms with Crippen molar-refractivity contribution in [1.82, 2.24) is 0 Å². The third kappa shape index (κ3) is 4.56. The molecule has 3 nitrogen and oxygen atoms in total. The average molecular weight is 324 g/mol. The Kier molecular flexibility index (Phi) is 6.76. The lowest BCUT2D eigenvalue weighted by molar-refractivity contribution is -0.139. The lowest BCUT2D eigenvalue weighted by Gasteiger charge is -2.22. The summed E-state index contributed by atoms with van der Waals surface area (Å²) in [5.41, 5.74) is 4.26. The molecule has 24 heavy (non-hydrogen) atoms. The van der Waals surface area contributed by atoms with Crippen LogP contribution in [0.15, 0.2) is 66.2 Å². The topological polar surface area (TPSA) is 46.5 Å². The van der Waals surface area contributed by atoms with E-state index in [0.717, 1.165) is 16.7 Å². The molecular formula is C21H24O3. The van der Waals surface area contributed by atoms with Crippen molar-refractivity contribution in [3.63, 3.8) is 0 Å². The zero-order valence-electron chi connectivity index (χ0n) is 14.2. The minimum Gasteiger partial charge on any atom is -0.469 e. The quantitative estimate of drug-likeness (QED) is 0.777. The van der Waals surface area contributed by atoms with Gasteiger partial charge in [-0.15, -0.1) is 0 Å². The lowest BCUT2D eigenvalue weighted by atomic mass is 9.83. The van der Waals surface area contributed by atoms with Gasteiger partial charge in [-0.05, 0) is 23.1 Å². The Morgan fingerprint density at radius 2 is 1.62 bits per heavy atom. The van der Waals surface area contributed by atoms with Crippen LogP contribution >= 0.6 is 0 Å². The van der Waals surface area contributed by atoms with Crippen LogP contribution in [0.4, 0.5) is 0 Å². The maximum atomic E-state index is 11.9. The van der Waals surface area contributed by atoms with E-state index in [-0.39, 0.29) is 24.9 Å². The largest absolute Gasteiger partial charge is 0.469 e. The zero-order valence-corrected chi connectivity index (χ0v) is 14.2. The molecular weight excluding hydrogens is 300 g/mol. The second kappa shape index (κ2) is 9.04. The van der Waals surface area contributed by atoms with E-state index in [1.54, 1.807) is 0 Å². The number of carbonyl (C=O) groups is 1. The number of rotatable bonds is 7. The minimum absolute atomic E-state index is 0.00414. The molecule has 0 aliphatic rings. The van der Waals surface area contributed by atoms with E-state index >= 15 is 0 Å². The van der Waals surface area contributed by atoms with Gasteiger partial charge in [0.1, 0.15) is 0 Å². The predicted octanol–water partition coefficient (Wildman–Crippen LogP) is 4.19. The van der Waals surface area contributed by atoms with Crippen LogP contribution in [0.5, 0.6) is 0 Å². The Morgan fingerprint density at radius 3 is 2.17 bits per heavy atom. The fraction of sp³-hybridized carbons (Fsp3) is 0.286. The highest BCUT2D eigenvalue weighted by Gasteiger charge is 2.19. The molecule has 0 aliphatic carbocycles. The van der Waals surface area contributed by atoms with Crippen molar-refractivity contribution in [2.24, 2.45) is 0 Å². The molecule has 0 radical (unpaired) electrons. The van der Waals surface area contributed by atoms with Crippen molar-refractivity contribution in [1.29, 1.82) is 0 Å². The third-order valence-electron chi connectivity index (χ3n) is 4.20. The first-order valence-electron chi connectivity index (χ1n) is 8.17. The molecule has 1 atom stereocenters. The minimum atomic E-state index is -0.285. The Hall–Kier alpha value is -2.39. The number of allylic oxidation sites excluding steroid dienone is 1. The molecule has 1 N–H and O–H groups in total. The Labute approximate surface area is 143 Å². The molecule has 0 saturated heterocycles. The molecule has 126 valence electrons. The summed E-state index contributed by atoms with van der Waals surface area (Å²) in [5, 5.41) is 9.48. The Morgan fingerprint density at radius 1 is 1.04 bits per heavy atom. The van der Waals surface area contributed by atoms with Gasteiger partial charge in [-0.2, -0.15) is 0 Å². The van der Waals surface area contributed by atoms with Crippen molar-refractivity contribution >= 4 is 11.5 Å². The molecule has 2 rings (SSSR count). The highest BCUT2D eigenvalue weighted by atomic mass is 16.5. The third-order valence-corrected chi connectivity index (χ3v) is 4.20. The van der Waals surface area contributed by atoms with Crippen LogP contribution in [0.3, 0.4) is 0 Å². The van der Waals surface area contributed by atoms with Crippen molar-refractivity contribution in [2.75, 3.05) is 13.7 Å². The SMILES string of the molecule is COC(=O)C/C(CCO)=C(\c1ccccc1)C(C)c1ccccc1. The van der Waals surface area contributed by atoms with Crippen LogP contribution in [-0.2, 0) is 9.53 Å². The first kappa shape index (κ1) is 18.0. The number of hydrogen-bond acceptors (Lipinski definition) is 3. The monoisotopic (exact) mass is 324 g/mol. The summed E-state index contributed by atoms with van der Waals surface area (Å²) in [6, 6.07) is 20.2. The van der Waals surface area contributed by atoms with Gasteiger partial charge in [0.25, 0.3) is 0 Å². The summed E-state index contributed by atoms with van der Waals surface area (Å²) in [4.78, 5) is 11.9. The maximum Gasteiger partial charge on any atom is 0.309 e. The number of esters is 1. The van der Waals surface area contributed by atoms with Crippen LogP contribution in [0.2, 0.25) is 0 Å². The number of ether oxygens (including phenoxy) is 1. The fourth-order valence-corrected chi connectivity index (χ4v) is 2.99. The summed E-state index contributed by atoms with van der Waals surface area (Å²) < 4.78 is 4.84. The summed E-state index contributed by atoms with van der Waals surface area (Å²) in [6.45, 7) is 2.14. The van der Waals surface area contributed by atoms with Crippen molar-refractivity contribution < 1.29 is 14.6 Å². The van der Waals surface area contributed by atoms with Gasteiger partial charge in [0.05, 0.1) is 13.5 Å². The predicted molar refractivity (Wildman–Crippen MR) is 96.6 cm³/mol. The number of benzene rings is 2. The second-order valence-corrected chi connectivity index (χ2v) is 5.74. The van der Waals surface area contributed by atoms with Crippen LogP contribution < -0.4 is 0 Å². The zero-order chi connectivity index (χ0) is 17.4. The van der Waals surface area contributed by atoms with Crippen LogP contribution in [0.1, 0.15) is 36.8 Å². The van der Waals surface area contributed by atoms with E-state index in [0.29, 0.717) is 6.42 Å². The maximum absolute atomic E-state index is 11.9. The number of aliphatic hydroxyl groups is 1. The van der Waals surface area contributed by atoms with E-state index in [2.05, 4.69) is 19.1 Å². The highest BCUT2D eigenvalue weighted by molar-refractivity contribution is 5.81. The summed E-state index contributed by atoms with van der Waals surface area (Å²) in [6.07, 6.45) is 0.648. The van der Waals surface area contributed by atoms with E-state index in [1.165, 1.54) is 12.7 Å². The van der Waals surface area contributed by atoms with Crippen molar-refractivity contribution in [3.05, 3.63) is 77.4 Å². The van der Waals surface area contributed by atoms with Gasteiger partial charge >= 0.3 is 5.97 Å². The van der Waals surface area contributed by atoms with Gasteiger partial charge in [-0.3, -0.25) is 4.79 Å². The molecule has 0 fully saturated rings. The standard InChI is InChI=1S/C21H24O3/c1-16(17-9-5-3-6-10-17)21(18-11-7-4-8-12-18)19(13-14-22)15-20(23)24-2/h3-12,16,22H,13-15H2,1-2H3/b21-19-. The van der Waals surface area contributed by atoms with Gasteiger partial charge in [-0.25, -0.2) is 0 Å². The second-order valence-electron chi connectivity index (χ2n) is 5.74. The van der Waals surface area contributed by atoms with Gasteiger partial charge in [0, 0.05) is 12.5 Å². The smallest absolute Gasteiger partial charge is 0.309 e. The van der Waals surface area contributed by atoms with Crippen molar-refractivity contribution in [2.45, 2.75) is 25.7 Å². The van der Waals surface area contributed by atoms with Crippen LogP contribution in [-0.4, -0.2) is 24.8 Å². The van der Waals surface area contributed by atoms with Crippen LogP contribution in [0.25, 0.3) is 5.57 Å². The van der Waals surface area contributed by atoms with E-state index in [9.17, 15) is 9.90 Å². The molecule has 0 saturated carbocycles. The Bertz CT molecular complexity index is 675. The average Bonchev–Trinajstić information content (AvgIpc) is 2.63. The molecule has 1 unspecified atom stereocenters. The van der Waals surface area contributed by atoms with Gasteiger partial charge < -0.3 is 9.84 Å². The summed E-state index contributed by atoms with van der Waals surface area (Å²) in [5.74, 6) is -0.174. The van der Waals surface area contributed by atoms with E-state index in [4.69, 9.17) is 4.74 Å². The molecule has 2 aromatic rings. The van der Waals surface area contributed by atoms with Crippen LogP contribution in [0, 0.1) is 0 Å². The normalized spacial score (nSPS) is 13.1. The number of carbonyl (C=O) groups excluding carboxylic acids is 1. The first-order valence-corrected chi connectivity index (χ1v) is 8.17. The molecule has 0 aromatic heterocycles. The molecule has 0 heterocycles. The van der Waals surface area contributed by atoms with Gasteiger partial charge in [-0.1, -0.05) is 73.2 Å². The van der Waals surface area contributed by atoms with E-state index in [1.807, 2.05) is 48.5 Å². The summed E-state index contributed by atoms with van der Waals surface area (Å²) >= 11 is 0. The molecule has 0 amide bonds. The summed E-state index contributed by atoms with van der Waals surface area (Å²) in [7, 11) is 1.39. The van der Waals surface area contributed by atoms with Crippen molar-refractivity contribution in [3.8, 4) is 0 Å². The first-order chi connectivity index (χ1) is 11.7. The number of methoxy groups -OCH3 is 1. The molecule has 2 aromatic carbocycles. The number of aliphatic hydroxyl groups excluding tert-OH is 1. The van der Waals surface area contributed by atoms with Gasteiger partial charge in [0.15, 0.2) is 0 Å². The highest BCUT2D eigenvalue weighted by Crippen LogP contribution is 2.36. The lowest BCUT2D eigenvalue weighted by Crippen LogP contribution is -2.09. The molecule has 3 heteroatoms. The Balaban J connectivity index is 2.55.